The molecule has 2 saturated heterocycles. The van der Waals surface area contributed by atoms with Crippen molar-refractivity contribution in [2.75, 3.05) is 51.3 Å². The molecular weight excluding hydrogens is 432 g/mol. The number of ether oxygens (including phenoxy) is 1. The maximum Gasteiger partial charge on any atom is 0.232 e. The van der Waals surface area contributed by atoms with E-state index in [4.69, 9.17) is 4.74 Å². The summed E-state index contributed by atoms with van der Waals surface area (Å²) in [4.78, 5) is 30.4. The molecule has 8 nitrogen and oxygen atoms in total. The molecule has 9 heteroatoms. The molecule has 2 aliphatic heterocycles. The molecule has 0 aromatic heterocycles. The molecule has 2 N–H and O–H groups in total. The molecule has 0 bridgehead atoms. The highest BCUT2D eigenvalue weighted by Crippen LogP contribution is 2.29. The molecule has 0 radical (unpaired) electrons. The number of likely N-dealkylation sites (tertiary alicyclic amines) is 1. The summed E-state index contributed by atoms with van der Waals surface area (Å²) < 4.78 is 5.51. The standard InChI is InChI=1S/C23H34N4O4.ClH/c1-16-13-22(29)27(23(16)30)15-20(28)19(14-24-17-7-8-17)26-11-9-25(10-12-26)18-5-3-4-6-21(18)31-2;/h3-6,16-17,19-20,24,28H,7-15H2,1-2H3;1H. The lowest BCUT2D eigenvalue weighted by molar-refractivity contribution is -0.141. The number of nitrogens with one attached hydrogen (secondary N) is 1. The van der Waals surface area contributed by atoms with Crippen LogP contribution in [0.15, 0.2) is 24.3 Å². The first-order valence-electron chi connectivity index (χ1n) is 11.4. The topological polar surface area (TPSA) is 85.3 Å². The van der Waals surface area contributed by atoms with Gasteiger partial charge in [-0.25, -0.2) is 0 Å². The summed E-state index contributed by atoms with van der Waals surface area (Å²) >= 11 is 0. The molecule has 2 heterocycles. The zero-order valence-electron chi connectivity index (χ0n) is 18.9. The number of nitrogens with zero attached hydrogens (tertiary/aromatic N) is 3. The van der Waals surface area contributed by atoms with Crippen LogP contribution in [0.5, 0.6) is 5.75 Å². The Balaban J connectivity index is 0.00000289. The first-order chi connectivity index (χ1) is 15.0. The van der Waals surface area contributed by atoms with Crippen LogP contribution in [-0.2, 0) is 9.59 Å². The Morgan fingerprint density at radius 3 is 2.44 bits per heavy atom. The highest BCUT2D eigenvalue weighted by molar-refractivity contribution is 6.03. The first kappa shape index (κ1) is 24.8. The predicted molar refractivity (Wildman–Crippen MR) is 125 cm³/mol. The number of aliphatic hydroxyl groups is 1. The third kappa shape index (κ3) is 5.54. The van der Waals surface area contributed by atoms with Gasteiger partial charge in [0, 0.05) is 57.1 Å². The van der Waals surface area contributed by atoms with Crippen LogP contribution in [-0.4, -0.2) is 91.3 Å². The number of piperazine rings is 1. The zero-order chi connectivity index (χ0) is 22.0. The van der Waals surface area contributed by atoms with E-state index in [9.17, 15) is 14.7 Å². The lowest BCUT2D eigenvalue weighted by Gasteiger charge is -2.42. The van der Waals surface area contributed by atoms with E-state index in [1.807, 2.05) is 18.2 Å². The number of hydrogen-bond donors (Lipinski definition) is 2. The number of hydrogen-bond acceptors (Lipinski definition) is 7. The number of anilines is 1. The van der Waals surface area contributed by atoms with Gasteiger partial charge in [0.15, 0.2) is 0 Å². The molecule has 2 amide bonds. The molecule has 0 spiro atoms. The second-order valence-corrected chi connectivity index (χ2v) is 8.96. The maximum absolute atomic E-state index is 12.3. The normalized spacial score (nSPS) is 23.8. The lowest BCUT2D eigenvalue weighted by atomic mass is 10.1. The second-order valence-electron chi connectivity index (χ2n) is 8.96. The van der Waals surface area contributed by atoms with Gasteiger partial charge in [0.25, 0.3) is 0 Å². The van der Waals surface area contributed by atoms with E-state index in [0.717, 1.165) is 37.6 Å². The summed E-state index contributed by atoms with van der Waals surface area (Å²) in [6.07, 6.45) is 1.81. The first-order valence-corrected chi connectivity index (χ1v) is 11.4. The summed E-state index contributed by atoms with van der Waals surface area (Å²) in [6, 6.07) is 8.41. The van der Waals surface area contributed by atoms with Gasteiger partial charge in [-0.05, 0) is 25.0 Å². The molecule has 1 saturated carbocycles. The molecule has 1 aromatic rings. The predicted octanol–water partition coefficient (Wildman–Crippen LogP) is 1.12. The Morgan fingerprint density at radius 1 is 1.16 bits per heavy atom. The molecule has 4 rings (SSSR count). The van der Waals surface area contributed by atoms with Gasteiger partial charge in [-0.3, -0.25) is 19.4 Å². The van der Waals surface area contributed by atoms with Crippen molar-refractivity contribution in [2.24, 2.45) is 5.92 Å². The smallest absolute Gasteiger partial charge is 0.232 e. The fraction of sp³-hybridized carbons (Fsp3) is 0.652. The van der Waals surface area contributed by atoms with Crippen molar-refractivity contribution in [3.05, 3.63) is 24.3 Å². The van der Waals surface area contributed by atoms with Crippen LogP contribution in [0, 0.1) is 5.92 Å². The Morgan fingerprint density at radius 2 is 1.84 bits per heavy atom. The molecule has 1 aromatic carbocycles. The van der Waals surface area contributed by atoms with E-state index in [-0.39, 0.29) is 49.1 Å². The van der Waals surface area contributed by atoms with Gasteiger partial charge in [0.1, 0.15) is 5.75 Å². The quantitative estimate of drug-likeness (QED) is 0.527. The molecular formula is C23H35ClN4O4. The van der Waals surface area contributed by atoms with Gasteiger partial charge in [0.2, 0.25) is 11.8 Å². The maximum atomic E-state index is 12.3. The number of amides is 2. The van der Waals surface area contributed by atoms with E-state index < -0.39 is 6.10 Å². The number of para-hydroxylation sites is 2. The van der Waals surface area contributed by atoms with Crippen molar-refractivity contribution in [1.29, 1.82) is 0 Å². The minimum absolute atomic E-state index is 0. The highest BCUT2D eigenvalue weighted by Gasteiger charge is 2.39. The monoisotopic (exact) mass is 466 g/mol. The van der Waals surface area contributed by atoms with Gasteiger partial charge in [0.05, 0.1) is 25.4 Å². The summed E-state index contributed by atoms with van der Waals surface area (Å²) in [7, 11) is 1.69. The van der Waals surface area contributed by atoms with Crippen molar-refractivity contribution in [1.82, 2.24) is 15.1 Å². The summed E-state index contributed by atoms with van der Waals surface area (Å²) in [5.41, 5.74) is 1.08. The number of benzene rings is 1. The summed E-state index contributed by atoms with van der Waals surface area (Å²) in [5, 5.41) is 14.6. The third-order valence-electron chi connectivity index (χ3n) is 6.69. The average molecular weight is 467 g/mol. The Labute approximate surface area is 196 Å². The number of methoxy groups -OCH3 is 1. The Bertz CT molecular complexity index is 798. The fourth-order valence-electron chi connectivity index (χ4n) is 4.62. The molecule has 32 heavy (non-hydrogen) atoms. The van der Waals surface area contributed by atoms with Gasteiger partial charge in [-0.1, -0.05) is 19.1 Å². The number of carbonyl (C=O) groups excluding carboxylic acids is 2. The fourth-order valence-corrected chi connectivity index (χ4v) is 4.62. The molecule has 3 unspecified atom stereocenters. The van der Waals surface area contributed by atoms with Crippen LogP contribution >= 0.6 is 12.4 Å². The Kier molecular flexibility index (Phi) is 8.38. The van der Waals surface area contributed by atoms with Crippen LogP contribution in [0.1, 0.15) is 26.2 Å². The molecule has 1 aliphatic carbocycles. The van der Waals surface area contributed by atoms with Crippen LogP contribution in [0.25, 0.3) is 0 Å². The lowest BCUT2D eigenvalue weighted by Crippen LogP contribution is -2.59. The van der Waals surface area contributed by atoms with Gasteiger partial charge in [-0.15, -0.1) is 12.4 Å². The van der Waals surface area contributed by atoms with Gasteiger partial charge >= 0.3 is 0 Å². The number of imide groups is 1. The van der Waals surface area contributed by atoms with E-state index in [1.54, 1.807) is 14.0 Å². The van der Waals surface area contributed by atoms with Gasteiger partial charge < -0.3 is 20.1 Å². The average Bonchev–Trinajstić information content (AvgIpc) is 3.58. The number of rotatable bonds is 9. The van der Waals surface area contributed by atoms with Crippen LogP contribution in [0.4, 0.5) is 5.69 Å². The number of halogens is 1. The molecule has 3 fully saturated rings. The molecule has 3 atom stereocenters. The third-order valence-corrected chi connectivity index (χ3v) is 6.69. The minimum atomic E-state index is -0.776. The van der Waals surface area contributed by atoms with Crippen molar-refractivity contribution < 1.29 is 19.4 Å². The Hall–Kier alpha value is -1.87. The van der Waals surface area contributed by atoms with Crippen molar-refractivity contribution in [3.8, 4) is 5.75 Å². The number of aliphatic hydroxyl groups excluding tert-OH is 1. The van der Waals surface area contributed by atoms with E-state index in [1.165, 1.54) is 17.7 Å². The SMILES string of the molecule is COc1ccccc1N1CCN(C(CNC2CC2)C(O)CN2C(=O)CC(C)C2=O)CC1.Cl. The van der Waals surface area contributed by atoms with Crippen LogP contribution in [0.3, 0.4) is 0 Å². The number of β-amino-alcohol motifs (C(OH)–C–C–N with tert-alkyl or cyclic N) is 1. The molecule has 3 aliphatic rings. The summed E-state index contributed by atoms with van der Waals surface area (Å²) in [6.45, 7) is 5.75. The van der Waals surface area contributed by atoms with E-state index >= 15 is 0 Å². The number of carbonyl (C=O) groups is 2. The van der Waals surface area contributed by atoms with Gasteiger partial charge in [-0.2, -0.15) is 0 Å². The summed E-state index contributed by atoms with van der Waals surface area (Å²) in [5.74, 6) is 0.237. The van der Waals surface area contributed by atoms with Crippen molar-refractivity contribution in [2.45, 2.75) is 44.4 Å². The van der Waals surface area contributed by atoms with Crippen molar-refractivity contribution >= 4 is 29.9 Å². The molecule has 178 valence electrons. The van der Waals surface area contributed by atoms with E-state index in [2.05, 4.69) is 21.2 Å². The zero-order valence-corrected chi connectivity index (χ0v) is 19.7. The van der Waals surface area contributed by atoms with Crippen molar-refractivity contribution in [3.63, 3.8) is 0 Å². The minimum Gasteiger partial charge on any atom is -0.495 e. The second kappa shape index (κ2) is 10.8. The largest absolute Gasteiger partial charge is 0.495 e. The van der Waals surface area contributed by atoms with Crippen LogP contribution in [0.2, 0.25) is 0 Å². The van der Waals surface area contributed by atoms with Crippen LogP contribution < -0.4 is 15.0 Å². The van der Waals surface area contributed by atoms with E-state index in [0.29, 0.717) is 12.6 Å². The highest BCUT2D eigenvalue weighted by atomic mass is 35.5.